The molecule has 0 heterocycles. The van der Waals surface area contributed by atoms with E-state index in [0.717, 1.165) is 12.1 Å². The Bertz CT molecular complexity index is 926. The second kappa shape index (κ2) is 9.32. The molecule has 0 saturated heterocycles. The van der Waals surface area contributed by atoms with Gasteiger partial charge in [-0.1, -0.05) is 13.8 Å². The Morgan fingerprint density at radius 2 is 1.64 bits per heavy atom. The van der Waals surface area contributed by atoms with Gasteiger partial charge < -0.3 is 10.1 Å². The summed E-state index contributed by atoms with van der Waals surface area (Å²) in [7, 11) is -3.90. The molecule has 0 aliphatic rings. The zero-order valence-electron chi connectivity index (χ0n) is 15.4. The Kier molecular flexibility index (Phi) is 7.11. The summed E-state index contributed by atoms with van der Waals surface area (Å²) < 4.78 is 44.8. The van der Waals surface area contributed by atoms with Crippen LogP contribution in [0.2, 0.25) is 0 Å². The minimum atomic E-state index is -3.90. The number of nitrogens with one attached hydrogen (secondary N) is 2. The van der Waals surface area contributed by atoms with Gasteiger partial charge in [-0.2, -0.15) is 0 Å². The molecule has 0 radical (unpaired) electrons. The molecule has 1 amide bonds. The molecule has 28 heavy (non-hydrogen) atoms. The lowest BCUT2D eigenvalue weighted by molar-refractivity contribution is -0.124. The smallest absolute Gasteiger partial charge is 0.338 e. The van der Waals surface area contributed by atoms with Gasteiger partial charge in [-0.3, -0.25) is 9.52 Å². The van der Waals surface area contributed by atoms with Gasteiger partial charge in [-0.25, -0.2) is 17.6 Å². The van der Waals surface area contributed by atoms with Gasteiger partial charge >= 0.3 is 5.97 Å². The highest BCUT2D eigenvalue weighted by molar-refractivity contribution is 7.92. The van der Waals surface area contributed by atoms with E-state index in [4.69, 9.17) is 4.74 Å². The van der Waals surface area contributed by atoms with Crippen molar-refractivity contribution >= 4 is 27.6 Å². The molecule has 0 aromatic heterocycles. The highest BCUT2D eigenvalue weighted by Gasteiger charge is 2.16. The van der Waals surface area contributed by atoms with Crippen LogP contribution in [0.25, 0.3) is 0 Å². The summed E-state index contributed by atoms with van der Waals surface area (Å²) in [5.74, 6) is -1.36. The van der Waals surface area contributed by atoms with Crippen molar-refractivity contribution in [2.75, 3.05) is 17.9 Å². The van der Waals surface area contributed by atoms with Crippen LogP contribution in [0.3, 0.4) is 0 Å². The summed E-state index contributed by atoms with van der Waals surface area (Å²) in [4.78, 5) is 23.5. The Labute approximate surface area is 163 Å². The van der Waals surface area contributed by atoms with Crippen molar-refractivity contribution in [3.63, 3.8) is 0 Å². The van der Waals surface area contributed by atoms with E-state index in [1.54, 1.807) is 0 Å². The number of esters is 1. The minimum Gasteiger partial charge on any atom is -0.452 e. The molecule has 0 saturated carbocycles. The van der Waals surface area contributed by atoms with Crippen molar-refractivity contribution < 1.29 is 27.1 Å². The normalized spacial score (nSPS) is 11.1. The molecule has 2 aromatic carbocycles. The van der Waals surface area contributed by atoms with E-state index in [9.17, 15) is 22.4 Å². The molecular formula is C19H21FN2O5S. The Balaban J connectivity index is 1.97. The van der Waals surface area contributed by atoms with Gasteiger partial charge in [0.05, 0.1) is 10.5 Å². The fraction of sp³-hybridized carbons (Fsp3) is 0.263. The molecule has 150 valence electrons. The van der Waals surface area contributed by atoms with Crippen LogP contribution in [-0.2, 0) is 19.6 Å². The third kappa shape index (κ3) is 6.34. The standard InChI is InChI=1S/C19H21FN2O5S/c1-13(2)11-21-18(23)12-27-19(24)14-3-9-17(10-4-14)28(25,26)22-16-7-5-15(20)6-8-16/h3-10,13,22H,11-12H2,1-2H3,(H,21,23). The summed E-state index contributed by atoms with van der Waals surface area (Å²) >= 11 is 0. The minimum absolute atomic E-state index is 0.0805. The third-order valence-electron chi connectivity index (χ3n) is 3.54. The van der Waals surface area contributed by atoms with E-state index in [0.29, 0.717) is 6.54 Å². The monoisotopic (exact) mass is 408 g/mol. The number of hydrogen-bond acceptors (Lipinski definition) is 5. The number of halogens is 1. The van der Waals surface area contributed by atoms with Crippen LogP contribution in [0.5, 0.6) is 0 Å². The van der Waals surface area contributed by atoms with Crippen LogP contribution in [0.1, 0.15) is 24.2 Å². The van der Waals surface area contributed by atoms with Crippen LogP contribution in [-0.4, -0.2) is 33.4 Å². The number of anilines is 1. The summed E-state index contributed by atoms with van der Waals surface area (Å²) in [6, 6.07) is 9.90. The molecule has 0 bridgehead atoms. The zero-order valence-corrected chi connectivity index (χ0v) is 16.3. The topological polar surface area (TPSA) is 102 Å². The zero-order chi connectivity index (χ0) is 20.7. The van der Waals surface area contributed by atoms with Crippen LogP contribution < -0.4 is 10.0 Å². The lowest BCUT2D eigenvalue weighted by Crippen LogP contribution is -2.31. The number of amides is 1. The Hall–Kier alpha value is -2.94. The number of hydrogen-bond donors (Lipinski definition) is 2. The molecule has 9 heteroatoms. The van der Waals surface area contributed by atoms with Gasteiger partial charge in [0.15, 0.2) is 6.61 Å². The maximum Gasteiger partial charge on any atom is 0.338 e. The number of carbonyl (C=O) groups is 2. The van der Waals surface area contributed by atoms with Crippen LogP contribution in [0.4, 0.5) is 10.1 Å². The van der Waals surface area contributed by atoms with Crippen LogP contribution >= 0.6 is 0 Å². The van der Waals surface area contributed by atoms with E-state index in [1.165, 1.54) is 36.4 Å². The first-order valence-electron chi connectivity index (χ1n) is 8.49. The van der Waals surface area contributed by atoms with Crippen molar-refractivity contribution in [1.82, 2.24) is 5.32 Å². The third-order valence-corrected chi connectivity index (χ3v) is 4.94. The van der Waals surface area contributed by atoms with Gasteiger partial charge in [0, 0.05) is 12.2 Å². The van der Waals surface area contributed by atoms with Gasteiger partial charge in [0.1, 0.15) is 5.82 Å². The molecular weight excluding hydrogens is 387 g/mol. The van der Waals surface area contributed by atoms with Gasteiger partial charge in [-0.05, 0) is 54.4 Å². The van der Waals surface area contributed by atoms with Crippen molar-refractivity contribution in [1.29, 1.82) is 0 Å². The molecule has 2 N–H and O–H groups in total. The first-order chi connectivity index (χ1) is 13.2. The fourth-order valence-electron chi connectivity index (χ4n) is 2.09. The van der Waals surface area contributed by atoms with E-state index >= 15 is 0 Å². The first-order valence-corrected chi connectivity index (χ1v) is 9.98. The molecule has 0 fully saturated rings. The summed E-state index contributed by atoms with van der Waals surface area (Å²) in [6.07, 6.45) is 0. The Morgan fingerprint density at radius 1 is 1.04 bits per heavy atom. The highest BCUT2D eigenvalue weighted by atomic mass is 32.2. The molecule has 7 nitrogen and oxygen atoms in total. The van der Waals surface area contributed by atoms with E-state index in [1.807, 2.05) is 13.8 Å². The number of ether oxygens (including phenoxy) is 1. The first kappa shape index (κ1) is 21.4. The molecule has 0 unspecified atom stereocenters. The van der Waals surface area contributed by atoms with Gasteiger partial charge in [-0.15, -0.1) is 0 Å². The average molecular weight is 408 g/mol. The van der Waals surface area contributed by atoms with E-state index in [-0.39, 0.29) is 22.1 Å². The molecule has 0 aliphatic heterocycles. The average Bonchev–Trinajstić information content (AvgIpc) is 2.66. The molecule has 2 rings (SSSR count). The number of carbonyl (C=O) groups excluding carboxylic acids is 2. The van der Waals surface area contributed by atoms with Crippen LogP contribution in [0, 0.1) is 11.7 Å². The van der Waals surface area contributed by atoms with Crippen molar-refractivity contribution in [2.45, 2.75) is 18.7 Å². The lowest BCUT2D eigenvalue weighted by atomic mass is 10.2. The largest absolute Gasteiger partial charge is 0.452 e. The van der Waals surface area contributed by atoms with Gasteiger partial charge in [0.25, 0.3) is 15.9 Å². The number of sulfonamides is 1. The quantitative estimate of drug-likeness (QED) is 0.654. The molecule has 0 aliphatic carbocycles. The second-order valence-corrected chi connectivity index (χ2v) is 8.09. The predicted octanol–water partition coefficient (Wildman–Crippen LogP) is 2.56. The van der Waals surface area contributed by atoms with Crippen LogP contribution in [0.15, 0.2) is 53.4 Å². The number of benzene rings is 2. The summed E-state index contributed by atoms with van der Waals surface area (Å²) in [6.45, 7) is 3.93. The highest BCUT2D eigenvalue weighted by Crippen LogP contribution is 2.17. The van der Waals surface area contributed by atoms with E-state index in [2.05, 4.69) is 10.0 Å². The van der Waals surface area contributed by atoms with Crippen molar-refractivity contribution in [3.05, 3.63) is 59.9 Å². The molecule has 0 spiro atoms. The summed E-state index contributed by atoms with van der Waals surface area (Å²) in [5, 5.41) is 2.62. The van der Waals surface area contributed by atoms with Crippen molar-refractivity contribution in [2.24, 2.45) is 5.92 Å². The Morgan fingerprint density at radius 3 is 2.21 bits per heavy atom. The van der Waals surface area contributed by atoms with Crippen molar-refractivity contribution in [3.8, 4) is 0 Å². The predicted molar refractivity (Wildman–Crippen MR) is 102 cm³/mol. The molecule has 0 atom stereocenters. The SMILES string of the molecule is CC(C)CNC(=O)COC(=O)c1ccc(S(=O)(=O)Nc2ccc(F)cc2)cc1. The fourth-order valence-corrected chi connectivity index (χ4v) is 3.14. The second-order valence-electron chi connectivity index (χ2n) is 6.41. The maximum absolute atomic E-state index is 12.9. The van der Waals surface area contributed by atoms with Gasteiger partial charge in [0.2, 0.25) is 0 Å². The molecule has 2 aromatic rings. The van der Waals surface area contributed by atoms with E-state index < -0.39 is 34.3 Å². The maximum atomic E-state index is 12.9. The number of rotatable bonds is 8. The lowest BCUT2D eigenvalue weighted by Gasteiger charge is -2.10. The summed E-state index contributed by atoms with van der Waals surface area (Å²) in [5.41, 5.74) is 0.315.